The van der Waals surface area contributed by atoms with Gasteiger partial charge in [0.1, 0.15) is 17.3 Å². The lowest BCUT2D eigenvalue weighted by atomic mass is 10.0. The molecule has 3 rings (SSSR count). The highest BCUT2D eigenvalue weighted by Crippen LogP contribution is 2.29. The van der Waals surface area contributed by atoms with Gasteiger partial charge in [0.25, 0.3) is 5.91 Å². The van der Waals surface area contributed by atoms with Crippen LogP contribution < -0.4 is 10.1 Å². The van der Waals surface area contributed by atoms with Crippen LogP contribution in [0.4, 0.5) is 4.39 Å². The second kappa shape index (κ2) is 8.75. The van der Waals surface area contributed by atoms with Crippen LogP contribution >= 0.6 is 11.6 Å². The Hall–Kier alpha value is -3.38. The fraction of sp³-hybridized carbons (Fsp3) is 0.0909. The number of nitrogens with one attached hydrogen (secondary N) is 1. The monoisotopic (exact) mass is 413 g/mol. The number of carboxylic acid groups (broad SMARTS) is 1. The molecular weight excluding hydrogens is 397 g/mol. The lowest BCUT2D eigenvalue weighted by molar-refractivity contribution is 0.0693. The SMILES string of the molecule is C[C@H](NC(=O)c1cc(Cl)ccc1Oc1cccc(F)c1)c1ccccc1C(=O)O. The molecule has 0 unspecified atom stereocenters. The molecule has 0 saturated carbocycles. The summed E-state index contributed by atoms with van der Waals surface area (Å²) in [5, 5.41) is 12.4. The Kier molecular flexibility index (Phi) is 6.14. The molecule has 0 aromatic heterocycles. The predicted octanol–water partition coefficient (Wildman–Crippen LogP) is 5.46. The molecule has 0 aliphatic carbocycles. The number of hydrogen-bond donors (Lipinski definition) is 2. The van der Waals surface area contributed by atoms with Gasteiger partial charge in [-0.3, -0.25) is 4.79 Å². The first-order valence-corrected chi connectivity index (χ1v) is 9.09. The summed E-state index contributed by atoms with van der Waals surface area (Å²) in [6.07, 6.45) is 0. The van der Waals surface area contributed by atoms with E-state index in [0.717, 1.165) is 0 Å². The zero-order valence-electron chi connectivity index (χ0n) is 15.4. The summed E-state index contributed by atoms with van der Waals surface area (Å²) in [7, 11) is 0. The molecule has 3 aromatic rings. The third-order valence-electron chi connectivity index (χ3n) is 4.22. The summed E-state index contributed by atoms with van der Waals surface area (Å²) in [6, 6.07) is 15.9. The molecule has 29 heavy (non-hydrogen) atoms. The highest BCUT2D eigenvalue weighted by Gasteiger charge is 2.20. The van der Waals surface area contributed by atoms with Gasteiger partial charge in [0, 0.05) is 11.1 Å². The summed E-state index contributed by atoms with van der Waals surface area (Å²) in [6.45, 7) is 1.68. The van der Waals surface area contributed by atoms with Gasteiger partial charge in [-0.1, -0.05) is 35.9 Å². The Bertz CT molecular complexity index is 1070. The van der Waals surface area contributed by atoms with E-state index in [1.807, 2.05) is 0 Å². The number of amides is 1. The fourth-order valence-corrected chi connectivity index (χ4v) is 3.02. The van der Waals surface area contributed by atoms with E-state index in [2.05, 4.69) is 5.32 Å². The van der Waals surface area contributed by atoms with Crippen LogP contribution in [-0.4, -0.2) is 17.0 Å². The first-order valence-electron chi connectivity index (χ1n) is 8.71. The van der Waals surface area contributed by atoms with E-state index in [1.54, 1.807) is 37.3 Å². The molecule has 7 heteroatoms. The number of aromatic carboxylic acids is 1. The van der Waals surface area contributed by atoms with Crippen LogP contribution in [0.2, 0.25) is 5.02 Å². The van der Waals surface area contributed by atoms with Crippen LogP contribution in [0, 0.1) is 5.82 Å². The summed E-state index contributed by atoms with van der Waals surface area (Å²) < 4.78 is 19.1. The smallest absolute Gasteiger partial charge is 0.336 e. The molecule has 0 aliphatic rings. The third kappa shape index (κ3) is 4.92. The Morgan fingerprint density at radius 2 is 1.79 bits per heavy atom. The Morgan fingerprint density at radius 1 is 1.03 bits per heavy atom. The zero-order valence-corrected chi connectivity index (χ0v) is 16.1. The number of hydrogen-bond acceptors (Lipinski definition) is 3. The van der Waals surface area contributed by atoms with E-state index in [0.29, 0.717) is 10.6 Å². The highest BCUT2D eigenvalue weighted by molar-refractivity contribution is 6.31. The molecule has 0 radical (unpaired) electrons. The Morgan fingerprint density at radius 3 is 2.52 bits per heavy atom. The van der Waals surface area contributed by atoms with Crippen molar-refractivity contribution in [3.63, 3.8) is 0 Å². The van der Waals surface area contributed by atoms with E-state index in [9.17, 15) is 19.1 Å². The van der Waals surface area contributed by atoms with Crippen LogP contribution in [0.25, 0.3) is 0 Å². The minimum atomic E-state index is -1.08. The zero-order chi connectivity index (χ0) is 21.0. The largest absolute Gasteiger partial charge is 0.478 e. The maximum Gasteiger partial charge on any atom is 0.336 e. The van der Waals surface area contributed by atoms with Crippen LogP contribution in [0.5, 0.6) is 11.5 Å². The molecule has 0 aliphatic heterocycles. The first-order chi connectivity index (χ1) is 13.8. The van der Waals surface area contributed by atoms with Crippen molar-refractivity contribution in [1.29, 1.82) is 0 Å². The second-order valence-electron chi connectivity index (χ2n) is 6.29. The van der Waals surface area contributed by atoms with Crippen LogP contribution in [0.3, 0.4) is 0 Å². The number of carbonyl (C=O) groups excluding carboxylic acids is 1. The first kappa shape index (κ1) is 20.4. The van der Waals surface area contributed by atoms with E-state index in [1.165, 1.54) is 36.4 Å². The molecule has 1 atom stereocenters. The number of halogens is 2. The molecule has 0 spiro atoms. The molecule has 0 fully saturated rings. The predicted molar refractivity (Wildman–Crippen MR) is 107 cm³/mol. The van der Waals surface area contributed by atoms with Crippen LogP contribution in [-0.2, 0) is 0 Å². The summed E-state index contributed by atoms with van der Waals surface area (Å²) in [5.41, 5.74) is 0.701. The van der Waals surface area contributed by atoms with Crippen molar-refractivity contribution in [2.75, 3.05) is 0 Å². The van der Waals surface area contributed by atoms with Crippen molar-refractivity contribution in [2.45, 2.75) is 13.0 Å². The second-order valence-corrected chi connectivity index (χ2v) is 6.72. The quantitative estimate of drug-likeness (QED) is 0.562. The average Bonchev–Trinajstić information content (AvgIpc) is 2.69. The van der Waals surface area contributed by atoms with E-state index in [4.69, 9.17) is 16.3 Å². The van der Waals surface area contributed by atoms with Gasteiger partial charge in [-0.05, 0) is 48.9 Å². The van der Waals surface area contributed by atoms with Crippen molar-refractivity contribution in [3.8, 4) is 11.5 Å². The number of rotatable bonds is 6. The molecule has 0 bridgehead atoms. The van der Waals surface area contributed by atoms with Crippen molar-refractivity contribution >= 4 is 23.5 Å². The van der Waals surface area contributed by atoms with Crippen LogP contribution in [0.15, 0.2) is 66.7 Å². The number of ether oxygens (including phenoxy) is 1. The number of carbonyl (C=O) groups is 2. The van der Waals surface area contributed by atoms with Gasteiger partial charge in [-0.25, -0.2) is 9.18 Å². The minimum absolute atomic E-state index is 0.0997. The molecular formula is C22H17ClFNO4. The van der Waals surface area contributed by atoms with Gasteiger partial charge in [0.2, 0.25) is 0 Å². The van der Waals surface area contributed by atoms with Gasteiger partial charge in [0.05, 0.1) is 17.2 Å². The number of carboxylic acids is 1. The van der Waals surface area contributed by atoms with E-state index < -0.39 is 23.7 Å². The molecule has 1 amide bonds. The summed E-state index contributed by atoms with van der Waals surface area (Å²) in [4.78, 5) is 24.3. The van der Waals surface area contributed by atoms with E-state index >= 15 is 0 Å². The summed E-state index contributed by atoms with van der Waals surface area (Å²) >= 11 is 6.04. The lowest BCUT2D eigenvalue weighted by Gasteiger charge is -2.18. The van der Waals surface area contributed by atoms with E-state index in [-0.39, 0.29) is 22.6 Å². The topological polar surface area (TPSA) is 75.6 Å². The molecule has 0 heterocycles. The van der Waals surface area contributed by atoms with Gasteiger partial charge < -0.3 is 15.2 Å². The number of benzene rings is 3. The highest BCUT2D eigenvalue weighted by atomic mass is 35.5. The van der Waals surface area contributed by atoms with Gasteiger partial charge in [-0.15, -0.1) is 0 Å². The summed E-state index contributed by atoms with van der Waals surface area (Å²) in [5.74, 6) is -1.64. The standard InChI is InChI=1S/C22H17ClFNO4/c1-13(17-7-2-3-8-18(17)22(27)28)25-21(26)19-11-14(23)9-10-20(19)29-16-6-4-5-15(24)12-16/h2-13H,1H3,(H,25,26)(H,27,28)/t13-/m0/s1. The maximum absolute atomic E-state index is 13.4. The van der Waals surface area contributed by atoms with Crippen LogP contribution in [0.1, 0.15) is 39.2 Å². The molecule has 0 saturated heterocycles. The molecule has 148 valence electrons. The third-order valence-corrected chi connectivity index (χ3v) is 4.45. The van der Waals surface area contributed by atoms with Gasteiger partial charge >= 0.3 is 5.97 Å². The Balaban J connectivity index is 1.87. The van der Waals surface area contributed by atoms with Gasteiger partial charge in [0.15, 0.2) is 0 Å². The molecule has 2 N–H and O–H groups in total. The Labute approximate surface area is 171 Å². The van der Waals surface area contributed by atoms with Crippen molar-refractivity contribution in [1.82, 2.24) is 5.32 Å². The average molecular weight is 414 g/mol. The van der Waals surface area contributed by atoms with Gasteiger partial charge in [-0.2, -0.15) is 0 Å². The fourth-order valence-electron chi connectivity index (χ4n) is 2.85. The van der Waals surface area contributed by atoms with Crippen molar-refractivity contribution in [2.24, 2.45) is 0 Å². The molecule has 3 aromatic carbocycles. The minimum Gasteiger partial charge on any atom is -0.478 e. The van der Waals surface area contributed by atoms with Crippen molar-refractivity contribution < 1.29 is 23.8 Å². The molecule has 5 nitrogen and oxygen atoms in total. The lowest BCUT2D eigenvalue weighted by Crippen LogP contribution is -2.28. The van der Waals surface area contributed by atoms with Crippen molar-refractivity contribution in [3.05, 3.63) is 94.3 Å². The normalized spacial score (nSPS) is 11.6. The maximum atomic E-state index is 13.4.